The van der Waals surface area contributed by atoms with E-state index < -0.39 is 22.0 Å². The van der Waals surface area contributed by atoms with Crippen molar-refractivity contribution in [2.45, 2.75) is 25.9 Å². The van der Waals surface area contributed by atoms with Crippen molar-refractivity contribution in [1.82, 2.24) is 5.32 Å². The lowest BCUT2D eigenvalue weighted by Gasteiger charge is -2.29. The zero-order valence-corrected chi connectivity index (χ0v) is 16.9. The molecule has 8 heteroatoms. The van der Waals surface area contributed by atoms with Crippen LogP contribution in [0.2, 0.25) is 10.0 Å². The van der Waals surface area contributed by atoms with E-state index in [1.165, 1.54) is 25.1 Å². The van der Waals surface area contributed by atoms with Gasteiger partial charge in [0.05, 0.1) is 18.0 Å². The highest BCUT2D eigenvalue weighted by molar-refractivity contribution is 7.92. The van der Waals surface area contributed by atoms with Crippen LogP contribution in [0.25, 0.3) is 0 Å². The van der Waals surface area contributed by atoms with Gasteiger partial charge in [-0.05, 0) is 37.6 Å². The van der Waals surface area contributed by atoms with Gasteiger partial charge in [-0.25, -0.2) is 8.42 Å². The molecule has 0 bridgehead atoms. The summed E-state index contributed by atoms with van der Waals surface area (Å²) in [7, 11) is -3.74. The van der Waals surface area contributed by atoms with E-state index in [-0.39, 0.29) is 21.8 Å². The third kappa shape index (κ3) is 5.13. The molecular weight excluding hydrogens is 395 g/mol. The average Bonchev–Trinajstić information content (AvgIpc) is 2.53. The predicted molar refractivity (Wildman–Crippen MR) is 106 cm³/mol. The molecule has 0 aromatic heterocycles. The van der Waals surface area contributed by atoms with Gasteiger partial charge in [0.2, 0.25) is 15.9 Å². The second-order valence-corrected chi connectivity index (χ2v) is 8.74. The Bertz CT molecular complexity index is 868. The zero-order chi connectivity index (χ0) is 19.5. The van der Waals surface area contributed by atoms with Crippen molar-refractivity contribution in [2.24, 2.45) is 0 Å². The molecule has 0 aliphatic rings. The maximum Gasteiger partial charge on any atom is 0.244 e. The van der Waals surface area contributed by atoms with Gasteiger partial charge in [0.1, 0.15) is 6.04 Å². The summed E-state index contributed by atoms with van der Waals surface area (Å²) in [5.74, 6) is -0.428. The molecule has 2 rings (SSSR count). The Morgan fingerprint density at radius 3 is 2.08 bits per heavy atom. The van der Waals surface area contributed by atoms with E-state index in [4.69, 9.17) is 23.2 Å². The second kappa shape index (κ2) is 8.29. The third-order valence-corrected chi connectivity index (χ3v) is 5.53. The van der Waals surface area contributed by atoms with E-state index in [1.807, 2.05) is 37.3 Å². The number of hydrogen-bond acceptors (Lipinski definition) is 3. The summed E-state index contributed by atoms with van der Waals surface area (Å²) in [5.41, 5.74) is 1.16. The molecule has 2 aromatic carbocycles. The first kappa shape index (κ1) is 20.6. The maximum atomic E-state index is 12.7. The van der Waals surface area contributed by atoms with Crippen LogP contribution in [-0.4, -0.2) is 26.6 Å². The Morgan fingerprint density at radius 2 is 1.58 bits per heavy atom. The Balaban J connectivity index is 2.29. The molecule has 26 heavy (non-hydrogen) atoms. The van der Waals surface area contributed by atoms with Crippen molar-refractivity contribution in [3.8, 4) is 0 Å². The van der Waals surface area contributed by atoms with Crippen molar-refractivity contribution in [3.05, 3.63) is 64.1 Å². The smallest absolute Gasteiger partial charge is 0.244 e. The summed E-state index contributed by atoms with van der Waals surface area (Å²) in [6, 6.07) is 12.6. The second-order valence-electron chi connectivity index (χ2n) is 6.00. The molecule has 0 saturated heterocycles. The lowest BCUT2D eigenvalue weighted by Crippen LogP contribution is -2.48. The zero-order valence-electron chi connectivity index (χ0n) is 14.6. The van der Waals surface area contributed by atoms with Gasteiger partial charge in [0, 0.05) is 10.0 Å². The van der Waals surface area contributed by atoms with E-state index in [1.54, 1.807) is 0 Å². The number of hydrogen-bond donors (Lipinski definition) is 1. The molecule has 5 nitrogen and oxygen atoms in total. The summed E-state index contributed by atoms with van der Waals surface area (Å²) < 4.78 is 25.6. The Morgan fingerprint density at radius 1 is 1.04 bits per heavy atom. The fourth-order valence-electron chi connectivity index (χ4n) is 2.63. The number of halogens is 2. The summed E-state index contributed by atoms with van der Waals surface area (Å²) in [6.07, 6.45) is 1.03. The van der Waals surface area contributed by atoms with Crippen LogP contribution < -0.4 is 9.62 Å². The highest BCUT2D eigenvalue weighted by Crippen LogP contribution is 2.28. The number of nitrogens with one attached hydrogen (secondary N) is 1. The van der Waals surface area contributed by atoms with E-state index >= 15 is 0 Å². The van der Waals surface area contributed by atoms with Crippen LogP contribution in [0.15, 0.2) is 48.5 Å². The van der Waals surface area contributed by atoms with Gasteiger partial charge in [0.25, 0.3) is 0 Å². The molecule has 0 unspecified atom stereocenters. The van der Waals surface area contributed by atoms with Crippen LogP contribution in [0.4, 0.5) is 5.69 Å². The minimum atomic E-state index is -3.74. The molecule has 1 amide bonds. The van der Waals surface area contributed by atoms with E-state index in [9.17, 15) is 13.2 Å². The lowest BCUT2D eigenvalue weighted by atomic mass is 10.1. The summed E-state index contributed by atoms with van der Waals surface area (Å²) in [5, 5.41) is 3.40. The molecular formula is C18H20Cl2N2O3S. The van der Waals surface area contributed by atoms with Crippen molar-refractivity contribution in [2.75, 3.05) is 10.6 Å². The monoisotopic (exact) mass is 414 g/mol. The first-order valence-corrected chi connectivity index (χ1v) is 10.5. The van der Waals surface area contributed by atoms with Crippen LogP contribution in [-0.2, 0) is 14.8 Å². The third-order valence-electron chi connectivity index (χ3n) is 3.85. The number of amides is 1. The van der Waals surface area contributed by atoms with Crippen molar-refractivity contribution in [1.29, 1.82) is 0 Å². The molecule has 0 radical (unpaired) electrons. The van der Waals surface area contributed by atoms with Gasteiger partial charge in [-0.15, -0.1) is 0 Å². The predicted octanol–water partition coefficient (Wildman–Crippen LogP) is 4.03. The van der Waals surface area contributed by atoms with Gasteiger partial charge in [-0.2, -0.15) is 0 Å². The fourth-order valence-corrected chi connectivity index (χ4v) is 4.31. The van der Waals surface area contributed by atoms with Crippen LogP contribution >= 0.6 is 23.2 Å². The topological polar surface area (TPSA) is 66.5 Å². The molecule has 0 aliphatic heterocycles. The quantitative estimate of drug-likeness (QED) is 0.775. The molecule has 0 spiro atoms. The van der Waals surface area contributed by atoms with E-state index in [2.05, 4.69) is 5.32 Å². The standard InChI is InChI=1S/C18H20Cl2N2O3S/c1-12(14-7-5-4-6-8-14)21-18(23)13(2)22(26(3,24)25)17-10-15(19)9-16(20)11-17/h4-13H,1-3H3,(H,21,23)/t12-,13+/m0/s1. The number of nitrogens with zero attached hydrogens (tertiary/aromatic N) is 1. The Hall–Kier alpha value is -1.76. The number of sulfonamides is 1. The highest BCUT2D eigenvalue weighted by Gasteiger charge is 2.30. The maximum absolute atomic E-state index is 12.7. The van der Waals surface area contributed by atoms with Crippen molar-refractivity contribution < 1.29 is 13.2 Å². The van der Waals surface area contributed by atoms with Crippen LogP contribution in [0.3, 0.4) is 0 Å². The molecule has 0 aliphatic carbocycles. The summed E-state index contributed by atoms with van der Waals surface area (Å²) in [4.78, 5) is 12.7. The molecule has 0 fully saturated rings. The van der Waals surface area contributed by atoms with Crippen molar-refractivity contribution >= 4 is 44.8 Å². The van der Waals surface area contributed by atoms with E-state index in [0.29, 0.717) is 0 Å². The molecule has 1 N–H and O–H groups in total. The summed E-state index contributed by atoms with van der Waals surface area (Å²) >= 11 is 12.0. The first-order chi connectivity index (χ1) is 12.1. The molecule has 2 aromatic rings. The Labute approximate surface area is 164 Å². The van der Waals surface area contributed by atoms with Crippen LogP contribution in [0.1, 0.15) is 25.5 Å². The largest absolute Gasteiger partial charge is 0.348 e. The number of rotatable bonds is 6. The van der Waals surface area contributed by atoms with Gasteiger partial charge < -0.3 is 5.32 Å². The minimum Gasteiger partial charge on any atom is -0.348 e. The number of anilines is 1. The normalized spacial score (nSPS) is 13.7. The first-order valence-electron chi connectivity index (χ1n) is 7.90. The van der Waals surface area contributed by atoms with Gasteiger partial charge in [0.15, 0.2) is 0 Å². The number of benzene rings is 2. The van der Waals surface area contributed by atoms with Crippen molar-refractivity contribution in [3.63, 3.8) is 0 Å². The fraction of sp³-hybridized carbons (Fsp3) is 0.278. The molecule has 2 atom stereocenters. The van der Waals surface area contributed by atoms with Crippen LogP contribution in [0, 0.1) is 0 Å². The molecule has 0 heterocycles. The van der Waals surface area contributed by atoms with Crippen LogP contribution in [0.5, 0.6) is 0 Å². The van der Waals surface area contributed by atoms with E-state index in [0.717, 1.165) is 16.1 Å². The number of carbonyl (C=O) groups is 1. The molecule has 140 valence electrons. The molecule has 0 saturated carbocycles. The van der Waals surface area contributed by atoms with Gasteiger partial charge in [-0.1, -0.05) is 53.5 Å². The SMILES string of the molecule is C[C@H](NC(=O)[C@@H](C)N(c1cc(Cl)cc(Cl)c1)S(C)(=O)=O)c1ccccc1. The minimum absolute atomic E-state index is 0.236. The number of carbonyl (C=O) groups excluding carboxylic acids is 1. The summed E-state index contributed by atoms with van der Waals surface area (Å²) in [6.45, 7) is 3.35. The highest BCUT2D eigenvalue weighted by atomic mass is 35.5. The Kier molecular flexibility index (Phi) is 6.55. The average molecular weight is 415 g/mol. The lowest BCUT2D eigenvalue weighted by molar-refractivity contribution is -0.122. The van der Waals surface area contributed by atoms with Gasteiger partial charge >= 0.3 is 0 Å². The van der Waals surface area contributed by atoms with Gasteiger partial charge in [-0.3, -0.25) is 9.10 Å².